The molecule has 0 saturated carbocycles. The van der Waals surface area contributed by atoms with Gasteiger partial charge in [-0.2, -0.15) is 4.98 Å². The van der Waals surface area contributed by atoms with Crippen LogP contribution in [-0.2, 0) is 6.54 Å². The Bertz CT molecular complexity index is 491. The zero-order valence-electron chi connectivity index (χ0n) is 9.45. The van der Waals surface area contributed by atoms with Gasteiger partial charge in [0.25, 0.3) is 6.01 Å². The third-order valence-electron chi connectivity index (χ3n) is 2.40. The minimum absolute atomic E-state index is 0.387. The van der Waals surface area contributed by atoms with E-state index in [0.29, 0.717) is 12.6 Å². The number of anilines is 2. The summed E-state index contributed by atoms with van der Waals surface area (Å²) < 4.78 is 5.25. The molecule has 0 amide bonds. The van der Waals surface area contributed by atoms with Crippen molar-refractivity contribution >= 4 is 11.7 Å². The number of aromatic nitrogens is 1. The topological polar surface area (TPSA) is 64.1 Å². The molecule has 4 nitrogen and oxygen atoms in total. The molecule has 16 heavy (non-hydrogen) atoms. The van der Waals surface area contributed by atoms with Gasteiger partial charge in [0.1, 0.15) is 6.26 Å². The van der Waals surface area contributed by atoms with Gasteiger partial charge in [0.2, 0.25) is 0 Å². The highest BCUT2D eigenvalue weighted by atomic mass is 16.4. The molecule has 0 unspecified atom stereocenters. The van der Waals surface area contributed by atoms with Crippen LogP contribution in [0.3, 0.4) is 0 Å². The molecule has 1 aromatic carbocycles. The second kappa shape index (κ2) is 4.37. The van der Waals surface area contributed by atoms with Gasteiger partial charge in [-0.3, -0.25) is 0 Å². The van der Waals surface area contributed by atoms with Gasteiger partial charge in [0.15, 0.2) is 0 Å². The van der Waals surface area contributed by atoms with Crippen LogP contribution in [0.15, 0.2) is 28.9 Å². The summed E-state index contributed by atoms with van der Waals surface area (Å²) in [7, 11) is 0. The van der Waals surface area contributed by atoms with E-state index in [9.17, 15) is 0 Å². The van der Waals surface area contributed by atoms with Crippen molar-refractivity contribution in [1.82, 2.24) is 4.98 Å². The van der Waals surface area contributed by atoms with Crippen molar-refractivity contribution in [3.05, 3.63) is 41.3 Å². The maximum atomic E-state index is 5.46. The van der Waals surface area contributed by atoms with Gasteiger partial charge in [0, 0.05) is 12.2 Å². The summed E-state index contributed by atoms with van der Waals surface area (Å²) in [6.07, 6.45) is 1.56. The number of nitrogens with two attached hydrogens (primary N) is 1. The quantitative estimate of drug-likeness (QED) is 0.829. The number of hydrogen-bond donors (Lipinski definition) is 2. The molecule has 0 fully saturated rings. The third-order valence-corrected chi connectivity index (χ3v) is 2.40. The smallest absolute Gasteiger partial charge is 0.299 e. The standard InChI is InChI=1S/C12H15N3O/c1-8-3-4-9(2)11(5-8)15-12-14-10(6-13)7-16-12/h3-5,7H,6,13H2,1-2H3,(H,14,15). The van der Waals surface area contributed by atoms with E-state index < -0.39 is 0 Å². The largest absolute Gasteiger partial charge is 0.432 e. The van der Waals surface area contributed by atoms with Crippen LogP contribution in [-0.4, -0.2) is 4.98 Å². The number of benzene rings is 1. The minimum Gasteiger partial charge on any atom is -0.432 e. The van der Waals surface area contributed by atoms with Crippen LogP contribution < -0.4 is 11.1 Å². The highest BCUT2D eigenvalue weighted by molar-refractivity contribution is 5.58. The Morgan fingerprint density at radius 3 is 2.88 bits per heavy atom. The van der Waals surface area contributed by atoms with E-state index in [1.54, 1.807) is 6.26 Å². The summed E-state index contributed by atoms with van der Waals surface area (Å²) in [4.78, 5) is 4.19. The van der Waals surface area contributed by atoms with Gasteiger partial charge >= 0.3 is 0 Å². The van der Waals surface area contributed by atoms with Gasteiger partial charge in [-0.15, -0.1) is 0 Å². The van der Waals surface area contributed by atoms with Gasteiger partial charge < -0.3 is 15.5 Å². The second-order valence-electron chi connectivity index (χ2n) is 3.79. The molecule has 1 aromatic heterocycles. The lowest BCUT2D eigenvalue weighted by Crippen LogP contribution is -1.97. The molecule has 0 saturated heterocycles. The molecule has 0 aliphatic carbocycles. The SMILES string of the molecule is Cc1ccc(C)c(Nc2nc(CN)co2)c1. The number of nitrogens with zero attached hydrogens (tertiary/aromatic N) is 1. The van der Waals surface area contributed by atoms with Crippen molar-refractivity contribution in [3.8, 4) is 0 Å². The average Bonchev–Trinajstić information content (AvgIpc) is 2.71. The molecule has 0 aliphatic rings. The number of aryl methyl sites for hydroxylation is 2. The fourth-order valence-electron chi connectivity index (χ4n) is 1.44. The normalized spacial score (nSPS) is 10.4. The number of nitrogens with one attached hydrogen (secondary N) is 1. The van der Waals surface area contributed by atoms with Crippen LogP contribution in [0.1, 0.15) is 16.8 Å². The Hall–Kier alpha value is -1.81. The summed E-state index contributed by atoms with van der Waals surface area (Å²) in [6, 6.07) is 6.67. The maximum absolute atomic E-state index is 5.46. The van der Waals surface area contributed by atoms with E-state index in [-0.39, 0.29) is 0 Å². The van der Waals surface area contributed by atoms with E-state index in [2.05, 4.69) is 28.5 Å². The summed E-state index contributed by atoms with van der Waals surface area (Å²) in [6.45, 7) is 4.47. The third kappa shape index (κ3) is 2.23. The van der Waals surface area contributed by atoms with Crippen LogP contribution in [0.2, 0.25) is 0 Å². The average molecular weight is 217 g/mol. The first-order valence-corrected chi connectivity index (χ1v) is 5.18. The number of hydrogen-bond acceptors (Lipinski definition) is 4. The summed E-state index contributed by atoms with van der Waals surface area (Å²) in [5.74, 6) is 0. The first-order chi connectivity index (χ1) is 7.69. The van der Waals surface area contributed by atoms with Crippen molar-refractivity contribution in [2.24, 2.45) is 5.73 Å². The molecule has 0 spiro atoms. The predicted molar refractivity (Wildman–Crippen MR) is 63.6 cm³/mol. The molecule has 0 bridgehead atoms. The second-order valence-corrected chi connectivity index (χ2v) is 3.79. The zero-order valence-corrected chi connectivity index (χ0v) is 9.45. The lowest BCUT2D eigenvalue weighted by Gasteiger charge is -2.06. The molecule has 4 heteroatoms. The molecule has 0 atom stereocenters. The van der Waals surface area contributed by atoms with Crippen molar-refractivity contribution in [3.63, 3.8) is 0 Å². The lowest BCUT2D eigenvalue weighted by molar-refractivity contribution is 0.576. The van der Waals surface area contributed by atoms with Crippen molar-refractivity contribution in [1.29, 1.82) is 0 Å². The van der Waals surface area contributed by atoms with Crippen molar-refractivity contribution < 1.29 is 4.42 Å². The molecule has 2 aromatic rings. The van der Waals surface area contributed by atoms with E-state index >= 15 is 0 Å². The Balaban J connectivity index is 2.22. The first kappa shape index (κ1) is 10.7. The molecular formula is C12H15N3O. The molecule has 3 N–H and O–H groups in total. The molecule has 0 aliphatic heterocycles. The van der Waals surface area contributed by atoms with E-state index in [0.717, 1.165) is 16.9 Å². The van der Waals surface area contributed by atoms with Crippen LogP contribution in [0.25, 0.3) is 0 Å². The number of rotatable bonds is 3. The van der Waals surface area contributed by atoms with E-state index in [4.69, 9.17) is 10.2 Å². The summed E-state index contributed by atoms with van der Waals surface area (Å²) >= 11 is 0. The number of oxazole rings is 1. The van der Waals surface area contributed by atoms with Gasteiger partial charge in [-0.1, -0.05) is 12.1 Å². The maximum Gasteiger partial charge on any atom is 0.299 e. The predicted octanol–water partition coefficient (Wildman–Crippen LogP) is 2.49. The highest BCUT2D eigenvalue weighted by Crippen LogP contribution is 2.21. The Labute approximate surface area is 94.5 Å². The van der Waals surface area contributed by atoms with Crippen LogP contribution in [0.4, 0.5) is 11.7 Å². The first-order valence-electron chi connectivity index (χ1n) is 5.18. The summed E-state index contributed by atoms with van der Waals surface area (Å²) in [5, 5.41) is 3.13. The van der Waals surface area contributed by atoms with Gasteiger partial charge in [0.05, 0.1) is 5.69 Å². The zero-order chi connectivity index (χ0) is 11.5. The van der Waals surface area contributed by atoms with Gasteiger partial charge in [-0.25, -0.2) is 0 Å². The molecule has 84 valence electrons. The monoisotopic (exact) mass is 217 g/mol. The molecule has 2 rings (SSSR count). The highest BCUT2D eigenvalue weighted by Gasteiger charge is 2.04. The fourth-order valence-corrected chi connectivity index (χ4v) is 1.44. The fraction of sp³-hybridized carbons (Fsp3) is 0.250. The van der Waals surface area contributed by atoms with Crippen LogP contribution >= 0.6 is 0 Å². The Morgan fingerprint density at radius 2 is 2.19 bits per heavy atom. The molecule has 1 heterocycles. The Kier molecular flexibility index (Phi) is 2.92. The Morgan fingerprint density at radius 1 is 1.38 bits per heavy atom. The van der Waals surface area contributed by atoms with Crippen molar-refractivity contribution in [2.45, 2.75) is 20.4 Å². The van der Waals surface area contributed by atoms with Gasteiger partial charge in [-0.05, 0) is 31.0 Å². The molecule has 0 radical (unpaired) electrons. The van der Waals surface area contributed by atoms with Crippen LogP contribution in [0, 0.1) is 13.8 Å². The van der Waals surface area contributed by atoms with Crippen LogP contribution in [0.5, 0.6) is 0 Å². The van der Waals surface area contributed by atoms with E-state index in [1.807, 2.05) is 13.8 Å². The van der Waals surface area contributed by atoms with Crippen molar-refractivity contribution in [2.75, 3.05) is 5.32 Å². The summed E-state index contributed by atoms with van der Waals surface area (Å²) in [5.41, 5.74) is 9.55. The lowest BCUT2D eigenvalue weighted by atomic mass is 10.1. The minimum atomic E-state index is 0.387. The molecular weight excluding hydrogens is 202 g/mol. The van der Waals surface area contributed by atoms with E-state index in [1.165, 1.54) is 5.56 Å².